The van der Waals surface area contributed by atoms with Gasteiger partial charge in [-0.05, 0) is 57.4 Å². The van der Waals surface area contributed by atoms with E-state index in [-0.39, 0.29) is 25.1 Å². The maximum absolute atomic E-state index is 13.6. The molecule has 0 fully saturated rings. The maximum atomic E-state index is 13.6. The fraction of sp³-hybridized carbons (Fsp3) is 0.920. The number of esters is 1. The summed E-state index contributed by atoms with van der Waals surface area (Å²) in [7, 11) is 1.52. The summed E-state index contributed by atoms with van der Waals surface area (Å²) < 4.78 is 30.9. The molecule has 2 N–H and O–H groups in total. The van der Waals surface area contributed by atoms with Crippen LogP contribution in [0.15, 0.2) is 24.3 Å². The van der Waals surface area contributed by atoms with Crippen molar-refractivity contribution < 1.29 is 37.3 Å². The lowest BCUT2D eigenvalue weighted by Crippen LogP contribution is -2.47. The van der Waals surface area contributed by atoms with Gasteiger partial charge in [-0.15, -0.1) is 0 Å². The van der Waals surface area contributed by atoms with Crippen molar-refractivity contribution >= 4 is 19.7 Å². The molecule has 10 heteroatoms. The Bertz CT molecular complexity index is 1500. The van der Waals surface area contributed by atoms with Crippen LogP contribution in [0.25, 0.3) is 0 Å². The van der Waals surface area contributed by atoms with E-state index in [0.29, 0.717) is 23.9 Å². The Labute approximate surface area is 530 Å². The van der Waals surface area contributed by atoms with Gasteiger partial charge in [0.2, 0.25) is 5.91 Å². The van der Waals surface area contributed by atoms with E-state index in [9.17, 15) is 19.0 Å². The number of nitrogens with zero attached hydrogens (tertiary/aromatic N) is 1. The summed E-state index contributed by atoms with van der Waals surface area (Å²) in [6, 6.07) is -0.845. The third kappa shape index (κ3) is 66.7. The molecule has 1 amide bonds. The highest BCUT2D eigenvalue weighted by Crippen LogP contribution is 2.43. The molecule has 3 unspecified atom stereocenters. The summed E-state index contributed by atoms with van der Waals surface area (Å²) >= 11 is 0. The zero-order chi connectivity index (χ0) is 62.1. The second kappa shape index (κ2) is 65.4. The average Bonchev–Trinajstić information content (AvgIpc) is 3.50. The molecule has 0 aliphatic rings. The number of phosphoric ester groups is 1. The molecule has 85 heavy (non-hydrogen) atoms. The van der Waals surface area contributed by atoms with Gasteiger partial charge in [0.05, 0.1) is 33.8 Å². The van der Waals surface area contributed by atoms with Crippen LogP contribution in [0.1, 0.15) is 393 Å². The van der Waals surface area contributed by atoms with Gasteiger partial charge in [-0.2, -0.15) is 0 Å². The first-order valence-corrected chi connectivity index (χ1v) is 39.2. The van der Waals surface area contributed by atoms with Crippen LogP contribution in [-0.2, 0) is 27.9 Å². The Morgan fingerprint density at radius 2 is 0.682 bits per heavy atom. The van der Waals surface area contributed by atoms with Crippen molar-refractivity contribution in [2.75, 3.05) is 40.9 Å². The summed E-state index contributed by atoms with van der Waals surface area (Å²) in [5.74, 6) is -0.482. The van der Waals surface area contributed by atoms with Crippen molar-refractivity contribution in [3.63, 3.8) is 0 Å². The molecule has 0 radical (unpaired) electrons. The van der Waals surface area contributed by atoms with Crippen molar-refractivity contribution in [3.05, 3.63) is 24.3 Å². The van der Waals surface area contributed by atoms with Crippen molar-refractivity contribution in [1.29, 1.82) is 0 Å². The Morgan fingerprint density at radius 1 is 0.400 bits per heavy atom. The summed E-state index contributed by atoms with van der Waals surface area (Å²) in [4.78, 5) is 38.0. The van der Waals surface area contributed by atoms with E-state index in [1.54, 1.807) is 0 Å². The first kappa shape index (κ1) is 83.5. The van der Waals surface area contributed by atoms with Gasteiger partial charge in [-0.3, -0.25) is 18.6 Å². The number of nitrogens with one attached hydrogen (secondary N) is 1. The van der Waals surface area contributed by atoms with E-state index < -0.39 is 20.0 Å². The van der Waals surface area contributed by atoms with Gasteiger partial charge in [-0.1, -0.05) is 347 Å². The van der Waals surface area contributed by atoms with Crippen molar-refractivity contribution in [2.24, 2.45) is 0 Å². The number of amides is 1. The van der Waals surface area contributed by atoms with E-state index in [1.807, 2.05) is 27.2 Å². The molecule has 9 nitrogen and oxygen atoms in total. The summed E-state index contributed by atoms with van der Waals surface area (Å²) in [6.45, 7) is 7.09. The number of allylic oxidation sites excluding steroid dienone is 3. The van der Waals surface area contributed by atoms with Gasteiger partial charge in [0, 0.05) is 12.8 Å². The standard InChI is InChI=1S/C75H147N2O7P/c1-7-10-13-16-19-22-25-28-30-32-34-35-36-37-38-39-40-41-43-44-46-49-52-55-58-61-64-67-74(78)76-72(71-83-85(80,81)82-70-69-77(4,5)6)73(66-63-60-57-54-51-48-27-24-21-18-15-12-9-3)84-75(79)68-65-62-59-56-53-50-47-45-42-33-31-29-26-23-20-17-14-11-8-2/h29,31,63,66,72-73H,7-28,30,32-62,64-65,67-71H2,1-6H3,(H-,76,78,80,81)/p+1/b31-29+,66-63-. The smallest absolute Gasteiger partial charge is 0.456 e. The third-order valence-electron chi connectivity index (χ3n) is 17.4. The normalized spacial score (nSPS) is 13.5. The number of hydrogen-bond acceptors (Lipinski definition) is 6. The highest BCUT2D eigenvalue weighted by atomic mass is 31.2. The van der Waals surface area contributed by atoms with Gasteiger partial charge >= 0.3 is 13.8 Å². The highest BCUT2D eigenvalue weighted by Gasteiger charge is 2.30. The van der Waals surface area contributed by atoms with Crippen molar-refractivity contribution in [3.8, 4) is 0 Å². The number of hydrogen-bond donors (Lipinski definition) is 2. The lowest BCUT2D eigenvalue weighted by Gasteiger charge is -2.27. The molecule has 3 atom stereocenters. The molecule has 0 heterocycles. The van der Waals surface area contributed by atoms with Crippen LogP contribution in [0.5, 0.6) is 0 Å². The van der Waals surface area contributed by atoms with Crippen LogP contribution in [0, 0.1) is 0 Å². The minimum absolute atomic E-state index is 0.0441. The molecule has 0 aliphatic carbocycles. The Kier molecular flexibility index (Phi) is 64.3. The van der Waals surface area contributed by atoms with Crippen molar-refractivity contribution in [2.45, 2.75) is 405 Å². The number of ether oxygens (including phenoxy) is 1. The fourth-order valence-corrected chi connectivity index (χ4v) is 12.3. The van der Waals surface area contributed by atoms with Crippen LogP contribution in [0.2, 0.25) is 0 Å². The lowest BCUT2D eigenvalue weighted by molar-refractivity contribution is -0.870. The Morgan fingerprint density at radius 3 is 1.00 bits per heavy atom. The van der Waals surface area contributed by atoms with E-state index in [1.165, 1.54) is 302 Å². The van der Waals surface area contributed by atoms with E-state index in [2.05, 4.69) is 44.3 Å². The zero-order valence-corrected chi connectivity index (χ0v) is 58.8. The van der Waals surface area contributed by atoms with Crippen LogP contribution in [0.3, 0.4) is 0 Å². The molecule has 0 saturated heterocycles. The number of likely N-dealkylation sites (N-methyl/N-ethyl adjacent to an activating group) is 1. The van der Waals surface area contributed by atoms with Crippen LogP contribution in [-0.4, -0.2) is 74.3 Å². The van der Waals surface area contributed by atoms with Crippen LogP contribution >= 0.6 is 7.82 Å². The van der Waals surface area contributed by atoms with Gasteiger partial charge in [0.1, 0.15) is 19.3 Å². The quantitative estimate of drug-likeness (QED) is 0.0205. The Balaban J connectivity index is 4.97. The molecule has 504 valence electrons. The molecule has 0 aromatic rings. The van der Waals surface area contributed by atoms with E-state index in [0.717, 1.165) is 57.8 Å². The number of rotatable bonds is 70. The van der Waals surface area contributed by atoms with Crippen molar-refractivity contribution in [1.82, 2.24) is 5.32 Å². The maximum Gasteiger partial charge on any atom is 0.472 e. The molecule has 0 aromatic heterocycles. The van der Waals surface area contributed by atoms with Gasteiger partial charge < -0.3 is 19.4 Å². The summed E-state index contributed by atoms with van der Waals surface area (Å²) in [6.07, 6.45) is 80.6. The zero-order valence-electron chi connectivity index (χ0n) is 57.9. The lowest BCUT2D eigenvalue weighted by atomic mass is 10.0. The minimum atomic E-state index is -4.45. The molecule has 0 bridgehead atoms. The molecule has 0 spiro atoms. The van der Waals surface area contributed by atoms with Gasteiger partial charge in [0.25, 0.3) is 0 Å². The second-order valence-corrected chi connectivity index (χ2v) is 28.6. The molecular weight excluding hydrogens is 1070 g/mol. The number of carbonyl (C=O) groups is 2. The summed E-state index contributed by atoms with van der Waals surface area (Å²) in [5, 5.41) is 3.08. The molecule has 0 saturated carbocycles. The molecular formula is C75H148N2O7P+. The first-order valence-electron chi connectivity index (χ1n) is 37.7. The fourth-order valence-electron chi connectivity index (χ4n) is 11.6. The highest BCUT2D eigenvalue weighted by molar-refractivity contribution is 7.47. The van der Waals surface area contributed by atoms with Gasteiger partial charge in [0.15, 0.2) is 0 Å². The molecule has 0 aromatic carbocycles. The topological polar surface area (TPSA) is 111 Å². The number of carbonyl (C=O) groups excluding carboxylic acids is 2. The number of phosphoric acid groups is 1. The number of unbranched alkanes of at least 4 members (excludes halogenated alkanes) is 52. The largest absolute Gasteiger partial charge is 0.472 e. The van der Waals surface area contributed by atoms with Crippen LogP contribution in [0.4, 0.5) is 0 Å². The second-order valence-electron chi connectivity index (χ2n) is 27.2. The molecule has 0 rings (SSSR count). The third-order valence-corrected chi connectivity index (χ3v) is 18.4. The number of quaternary nitrogens is 1. The molecule has 0 aliphatic heterocycles. The average molecular weight is 1220 g/mol. The minimum Gasteiger partial charge on any atom is -0.456 e. The van der Waals surface area contributed by atoms with Gasteiger partial charge in [-0.25, -0.2) is 4.57 Å². The Hall–Kier alpha value is -1.51. The SMILES string of the molecule is CCCCCCCC/C=C/CCCCCCCCCCCC(=O)OC(/C=C\CCCCCCCCCCCCC)C(COP(=O)(O)OCC[N+](C)(C)C)NC(=O)CCCCCCCCCCCCCCCCCCCCCCCCCCCCC. The predicted molar refractivity (Wildman–Crippen MR) is 370 cm³/mol. The monoisotopic (exact) mass is 1220 g/mol. The van der Waals surface area contributed by atoms with E-state index >= 15 is 0 Å². The van der Waals surface area contributed by atoms with Crippen LogP contribution < -0.4 is 5.32 Å². The summed E-state index contributed by atoms with van der Waals surface area (Å²) in [5.41, 5.74) is 0. The van der Waals surface area contributed by atoms with E-state index in [4.69, 9.17) is 13.8 Å². The first-order chi connectivity index (χ1) is 41.4. The predicted octanol–water partition coefficient (Wildman–Crippen LogP) is 24.0.